The average molecular weight is 628 g/mol. The van der Waals surface area contributed by atoms with E-state index in [4.69, 9.17) is 27.9 Å². The first-order valence-corrected chi connectivity index (χ1v) is 15.5. The number of thioether (sulfide) groups is 1. The molecule has 4 aromatic rings. The standard InChI is InChI=1S/C31H29Cl2FN4O3S/c1-31(2,3)41-30(40)37-13-10-18(16-37)38-14-11-22(39)24-28(38)20-15-17(7-6-12-35)23(19-8-5-9-21(32)25(19)33)26(34)27(20)36-29(24)42-4/h5,8-9,11,14-15,18H,6-7,10,13,16H2,1-4H3. The van der Waals surface area contributed by atoms with Crippen molar-refractivity contribution < 1.29 is 13.9 Å². The van der Waals surface area contributed by atoms with Gasteiger partial charge in [0, 0.05) is 48.3 Å². The molecule has 1 amide bonds. The van der Waals surface area contributed by atoms with Gasteiger partial charge < -0.3 is 14.2 Å². The van der Waals surface area contributed by atoms with Gasteiger partial charge in [-0.05, 0) is 57.6 Å². The Kier molecular flexibility index (Phi) is 8.44. The third-order valence-corrected chi connectivity index (χ3v) is 8.76. The minimum Gasteiger partial charge on any atom is -0.444 e. The highest BCUT2D eigenvalue weighted by atomic mass is 35.5. The molecular formula is C31H29Cl2FN4O3S. The number of likely N-dealkylation sites (tertiary alicyclic amines) is 1. The number of rotatable bonds is 5. The number of hydrogen-bond acceptors (Lipinski definition) is 6. The van der Waals surface area contributed by atoms with Crippen LogP contribution in [0.5, 0.6) is 0 Å². The number of carbonyl (C=O) groups is 1. The normalized spacial score (nSPS) is 15.4. The van der Waals surface area contributed by atoms with E-state index in [1.54, 1.807) is 41.6 Å². The molecule has 1 atom stereocenters. The molecule has 0 aliphatic carbocycles. The Morgan fingerprint density at radius 2 is 2.05 bits per heavy atom. The Balaban J connectivity index is 1.78. The summed E-state index contributed by atoms with van der Waals surface area (Å²) in [7, 11) is 0. The Morgan fingerprint density at radius 1 is 1.29 bits per heavy atom. The molecule has 218 valence electrons. The second kappa shape index (κ2) is 11.8. The van der Waals surface area contributed by atoms with Gasteiger partial charge in [-0.3, -0.25) is 4.79 Å². The smallest absolute Gasteiger partial charge is 0.410 e. The van der Waals surface area contributed by atoms with E-state index in [-0.39, 0.29) is 45.4 Å². The fraction of sp³-hybridized carbons (Fsp3) is 0.355. The fourth-order valence-corrected chi connectivity index (χ4v) is 6.44. The van der Waals surface area contributed by atoms with E-state index in [0.717, 1.165) is 0 Å². The van der Waals surface area contributed by atoms with Gasteiger partial charge in [-0.2, -0.15) is 5.26 Å². The highest BCUT2D eigenvalue weighted by molar-refractivity contribution is 7.98. The van der Waals surface area contributed by atoms with Crippen molar-refractivity contribution >= 4 is 62.9 Å². The van der Waals surface area contributed by atoms with E-state index in [1.165, 1.54) is 17.8 Å². The molecule has 42 heavy (non-hydrogen) atoms. The summed E-state index contributed by atoms with van der Waals surface area (Å²) in [5.74, 6) is -0.605. The minimum absolute atomic E-state index is 0.0833. The molecule has 5 rings (SSSR count). The number of ether oxygens (including phenoxy) is 1. The minimum atomic E-state index is -0.630. The Labute approximate surface area is 257 Å². The molecule has 1 unspecified atom stereocenters. The number of amides is 1. The maximum absolute atomic E-state index is 16.7. The van der Waals surface area contributed by atoms with E-state index >= 15 is 4.39 Å². The summed E-state index contributed by atoms with van der Waals surface area (Å²) >= 11 is 14.1. The fourth-order valence-electron chi connectivity index (χ4n) is 5.46. The number of halogens is 3. The SMILES string of the molecule is CSc1nc2c(F)c(-c3cccc(Cl)c3Cl)c(CCC#N)cc2c2c1c(=O)ccn2C1CCN(C(=O)OC(C)(C)C)C1. The summed E-state index contributed by atoms with van der Waals surface area (Å²) in [5.41, 5.74) is 0.936. The topological polar surface area (TPSA) is 88.2 Å². The van der Waals surface area contributed by atoms with Crippen molar-refractivity contribution in [2.75, 3.05) is 19.3 Å². The summed E-state index contributed by atoms with van der Waals surface area (Å²) in [5, 5.41) is 11.1. The summed E-state index contributed by atoms with van der Waals surface area (Å²) < 4.78 is 24.2. The Bertz CT molecular complexity index is 1830. The van der Waals surface area contributed by atoms with E-state index in [9.17, 15) is 14.9 Å². The van der Waals surface area contributed by atoms with Gasteiger partial charge in [-0.1, -0.05) is 35.3 Å². The molecule has 2 aromatic carbocycles. The van der Waals surface area contributed by atoms with Crippen molar-refractivity contribution in [3.63, 3.8) is 0 Å². The number of aryl methyl sites for hydroxylation is 1. The van der Waals surface area contributed by atoms with Gasteiger partial charge in [-0.25, -0.2) is 14.2 Å². The van der Waals surface area contributed by atoms with Crippen LogP contribution in [0.25, 0.3) is 32.9 Å². The van der Waals surface area contributed by atoms with Crippen molar-refractivity contribution in [2.24, 2.45) is 0 Å². The molecule has 1 saturated heterocycles. The first-order valence-electron chi connectivity index (χ1n) is 13.5. The number of carbonyl (C=O) groups excluding carboxylic acids is 1. The van der Waals surface area contributed by atoms with Gasteiger partial charge in [0.2, 0.25) is 0 Å². The zero-order valence-electron chi connectivity index (χ0n) is 23.6. The van der Waals surface area contributed by atoms with Crippen LogP contribution >= 0.6 is 35.0 Å². The molecule has 0 radical (unpaired) electrons. The lowest BCUT2D eigenvalue weighted by atomic mass is 9.93. The molecule has 0 saturated carbocycles. The summed E-state index contributed by atoms with van der Waals surface area (Å²) in [6.45, 7) is 6.30. The number of pyridine rings is 2. The van der Waals surface area contributed by atoms with Gasteiger partial charge >= 0.3 is 6.09 Å². The van der Waals surface area contributed by atoms with Gasteiger partial charge in [-0.15, -0.1) is 11.8 Å². The number of nitriles is 1. The zero-order valence-corrected chi connectivity index (χ0v) is 26.0. The van der Waals surface area contributed by atoms with Crippen LogP contribution < -0.4 is 5.43 Å². The van der Waals surface area contributed by atoms with Crippen molar-refractivity contribution in [2.45, 2.75) is 56.7 Å². The van der Waals surface area contributed by atoms with Gasteiger partial charge in [0.1, 0.15) is 16.1 Å². The van der Waals surface area contributed by atoms with Crippen LogP contribution in [0, 0.1) is 17.1 Å². The molecule has 1 aliphatic heterocycles. The molecule has 0 spiro atoms. The largest absolute Gasteiger partial charge is 0.444 e. The number of aromatic nitrogens is 2. The summed E-state index contributed by atoms with van der Waals surface area (Å²) in [6.07, 6.45) is 4.10. The quantitative estimate of drug-likeness (QED) is 0.165. The predicted octanol–water partition coefficient (Wildman–Crippen LogP) is 8.02. The van der Waals surface area contributed by atoms with E-state index in [2.05, 4.69) is 11.1 Å². The average Bonchev–Trinajstić information content (AvgIpc) is 3.43. The Morgan fingerprint density at radius 3 is 2.74 bits per heavy atom. The molecule has 3 heterocycles. The third-order valence-electron chi connectivity index (χ3n) is 7.26. The molecular weight excluding hydrogens is 598 g/mol. The second-order valence-corrected chi connectivity index (χ2v) is 12.8. The first-order chi connectivity index (χ1) is 19.9. The molecule has 0 bridgehead atoms. The van der Waals surface area contributed by atoms with Crippen LogP contribution in [0.4, 0.5) is 9.18 Å². The van der Waals surface area contributed by atoms with Crippen molar-refractivity contribution in [1.82, 2.24) is 14.5 Å². The van der Waals surface area contributed by atoms with E-state index in [0.29, 0.717) is 52.0 Å². The van der Waals surface area contributed by atoms with Crippen molar-refractivity contribution in [3.8, 4) is 17.2 Å². The summed E-state index contributed by atoms with van der Waals surface area (Å²) in [6, 6.07) is 10.2. The Hall–Kier alpha value is -3.32. The monoisotopic (exact) mass is 626 g/mol. The molecule has 0 N–H and O–H groups in total. The van der Waals surface area contributed by atoms with Gasteiger partial charge in [0.05, 0.1) is 33.1 Å². The van der Waals surface area contributed by atoms with Crippen molar-refractivity contribution in [3.05, 3.63) is 68.2 Å². The number of nitrogens with zero attached hydrogens (tertiary/aromatic N) is 4. The number of hydrogen-bond donors (Lipinski definition) is 0. The molecule has 2 aromatic heterocycles. The first kappa shape index (κ1) is 30.1. The van der Waals surface area contributed by atoms with Gasteiger partial charge in [0.15, 0.2) is 11.2 Å². The lowest BCUT2D eigenvalue weighted by Gasteiger charge is -2.25. The molecule has 7 nitrogen and oxygen atoms in total. The molecule has 11 heteroatoms. The maximum Gasteiger partial charge on any atom is 0.410 e. The van der Waals surface area contributed by atoms with E-state index < -0.39 is 17.5 Å². The maximum atomic E-state index is 16.7. The van der Waals surface area contributed by atoms with Crippen LogP contribution in [-0.2, 0) is 11.2 Å². The van der Waals surface area contributed by atoms with Crippen molar-refractivity contribution in [1.29, 1.82) is 5.26 Å². The van der Waals surface area contributed by atoms with Crippen LogP contribution in [0.3, 0.4) is 0 Å². The van der Waals surface area contributed by atoms with Crippen LogP contribution in [0.1, 0.15) is 45.2 Å². The lowest BCUT2D eigenvalue weighted by molar-refractivity contribution is 0.0289. The third kappa shape index (κ3) is 5.56. The molecule has 1 fully saturated rings. The van der Waals surface area contributed by atoms with Crippen LogP contribution in [-0.4, -0.2) is 45.5 Å². The number of benzene rings is 2. The second-order valence-electron chi connectivity index (χ2n) is 11.2. The van der Waals surface area contributed by atoms with Crippen LogP contribution in [0.15, 0.2) is 46.3 Å². The van der Waals surface area contributed by atoms with Crippen LogP contribution in [0.2, 0.25) is 10.0 Å². The number of fused-ring (bicyclic) bond motifs is 3. The van der Waals surface area contributed by atoms with Gasteiger partial charge in [0.25, 0.3) is 0 Å². The summed E-state index contributed by atoms with van der Waals surface area (Å²) in [4.78, 5) is 32.4. The highest BCUT2D eigenvalue weighted by Crippen LogP contribution is 2.42. The van der Waals surface area contributed by atoms with E-state index in [1.807, 2.05) is 25.3 Å². The zero-order chi connectivity index (χ0) is 30.3. The highest BCUT2D eigenvalue weighted by Gasteiger charge is 2.32. The lowest BCUT2D eigenvalue weighted by Crippen LogP contribution is -2.35. The molecule has 1 aliphatic rings. The predicted molar refractivity (Wildman–Crippen MR) is 166 cm³/mol.